The van der Waals surface area contributed by atoms with E-state index < -0.39 is 0 Å². The van der Waals surface area contributed by atoms with E-state index in [1.165, 1.54) is 23.4 Å². The van der Waals surface area contributed by atoms with Gasteiger partial charge in [0.25, 0.3) is 5.91 Å². The molecule has 1 amide bonds. The highest BCUT2D eigenvalue weighted by Crippen LogP contribution is 2.31. The predicted molar refractivity (Wildman–Crippen MR) is 138 cm³/mol. The van der Waals surface area contributed by atoms with Crippen molar-refractivity contribution in [2.45, 2.75) is 31.9 Å². The molecule has 34 heavy (non-hydrogen) atoms. The lowest BCUT2D eigenvalue weighted by Gasteiger charge is -2.13. The molecule has 2 N–H and O–H groups in total. The smallest absolute Gasteiger partial charge is 0.260 e. The molecule has 1 aliphatic rings. The summed E-state index contributed by atoms with van der Waals surface area (Å²) >= 11 is 1.45. The van der Waals surface area contributed by atoms with Gasteiger partial charge in [-0.15, -0.1) is 6.58 Å². The first-order chi connectivity index (χ1) is 16.6. The number of halogens is 1. The Bertz CT molecular complexity index is 1210. The highest BCUT2D eigenvalue weighted by Gasteiger charge is 2.27. The molecule has 1 fully saturated rings. The number of allylic oxidation sites excluding steroid dienone is 1. The number of hydrogen-bond donors (Lipinski definition) is 2. The minimum absolute atomic E-state index is 0.113. The number of hydrogen-bond acceptors (Lipinski definition) is 4. The van der Waals surface area contributed by atoms with Crippen molar-refractivity contribution in [1.29, 1.82) is 0 Å². The van der Waals surface area contributed by atoms with Gasteiger partial charge < -0.3 is 15.4 Å². The van der Waals surface area contributed by atoms with Gasteiger partial charge in [0.2, 0.25) is 0 Å². The van der Waals surface area contributed by atoms with E-state index in [9.17, 15) is 9.18 Å². The summed E-state index contributed by atoms with van der Waals surface area (Å²) in [7, 11) is 0. The maximum atomic E-state index is 13.9. The van der Waals surface area contributed by atoms with Crippen molar-refractivity contribution in [2.75, 3.05) is 5.32 Å². The number of thioether (sulfide) groups is 1. The molecule has 0 aliphatic carbocycles. The molecule has 3 aromatic rings. The van der Waals surface area contributed by atoms with Crippen molar-refractivity contribution in [3.05, 3.63) is 112 Å². The number of carbonyl (C=O) groups excluding carboxylic acids is 1. The van der Waals surface area contributed by atoms with E-state index in [1.807, 2.05) is 36.4 Å². The molecule has 1 heterocycles. The summed E-state index contributed by atoms with van der Waals surface area (Å²) in [6.45, 7) is 6.09. The number of aryl methyl sites for hydroxylation is 1. The van der Waals surface area contributed by atoms with Crippen molar-refractivity contribution in [3.63, 3.8) is 0 Å². The van der Waals surface area contributed by atoms with Crippen LogP contribution in [-0.2, 0) is 24.2 Å². The van der Waals surface area contributed by atoms with Gasteiger partial charge in [0, 0.05) is 11.3 Å². The molecule has 0 spiro atoms. The second-order valence-corrected chi connectivity index (χ2v) is 9.06. The van der Waals surface area contributed by atoms with Crippen LogP contribution in [0.4, 0.5) is 10.1 Å². The molecule has 1 saturated heterocycles. The molecular weight excluding hydrogens is 447 g/mol. The molecule has 4 nitrogen and oxygen atoms in total. The van der Waals surface area contributed by atoms with Crippen LogP contribution in [0.1, 0.15) is 29.2 Å². The Hall–Kier alpha value is -3.51. The van der Waals surface area contributed by atoms with Crippen LogP contribution < -0.4 is 15.4 Å². The van der Waals surface area contributed by atoms with Crippen molar-refractivity contribution in [2.24, 2.45) is 0 Å². The summed E-state index contributed by atoms with van der Waals surface area (Å²) in [6, 6.07) is 20.5. The van der Waals surface area contributed by atoms with Gasteiger partial charge in [0.05, 0.1) is 4.91 Å². The molecule has 0 saturated carbocycles. The van der Waals surface area contributed by atoms with Crippen molar-refractivity contribution >= 4 is 29.4 Å². The number of ether oxygens (including phenoxy) is 1. The summed E-state index contributed by atoms with van der Waals surface area (Å²) in [6.07, 6.45) is 5.25. The van der Waals surface area contributed by atoms with Gasteiger partial charge in [0.15, 0.2) is 5.50 Å². The topological polar surface area (TPSA) is 50.4 Å². The highest BCUT2D eigenvalue weighted by molar-refractivity contribution is 8.05. The Morgan fingerprint density at radius 1 is 1.12 bits per heavy atom. The summed E-state index contributed by atoms with van der Waals surface area (Å²) in [5.74, 6) is 0.268. The lowest BCUT2D eigenvalue weighted by atomic mass is 10.1. The number of carbonyl (C=O) groups is 1. The quantitative estimate of drug-likeness (QED) is 0.282. The van der Waals surface area contributed by atoms with Crippen molar-refractivity contribution < 1.29 is 13.9 Å². The molecular formula is C28H27FN2O2S. The Morgan fingerprint density at radius 2 is 1.91 bits per heavy atom. The molecule has 3 aromatic carbocycles. The lowest BCUT2D eigenvalue weighted by Crippen LogP contribution is -2.30. The van der Waals surface area contributed by atoms with Crippen molar-refractivity contribution in [1.82, 2.24) is 5.32 Å². The third kappa shape index (κ3) is 5.88. The Labute approximate surface area is 203 Å². The molecule has 0 radical (unpaired) electrons. The van der Waals surface area contributed by atoms with Crippen LogP contribution in [0.15, 0.2) is 84.3 Å². The largest absolute Gasteiger partial charge is 0.489 e. The van der Waals surface area contributed by atoms with Gasteiger partial charge in [-0.05, 0) is 65.9 Å². The number of nitrogens with one attached hydrogen (secondary N) is 2. The third-order valence-electron chi connectivity index (χ3n) is 5.48. The summed E-state index contributed by atoms with van der Waals surface area (Å²) in [4.78, 5) is 13.2. The van der Waals surface area contributed by atoms with E-state index in [0.29, 0.717) is 22.6 Å². The van der Waals surface area contributed by atoms with E-state index >= 15 is 0 Å². The van der Waals surface area contributed by atoms with Crippen LogP contribution in [0.3, 0.4) is 0 Å². The average molecular weight is 475 g/mol. The maximum absolute atomic E-state index is 13.9. The fourth-order valence-electron chi connectivity index (χ4n) is 3.62. The normalized spacial score (nSPS) is 16.4. The summed E-state index contributed by atoms with van der Waals surface area (Å²) in [5, 5.41) is 6.31. The number of rotatable bonds is 9. The molecule has 0 unspecified atom stereocenters. The predicted octanol–water partition coefficient (Wildman–Crippen LogP) is 6.30. The average Bonchev–Trinajstić information content (AvgIpc) is 3.18. The molecule has 1 atom stereocenters. The fourth-order valence-corrected chi connectivity index (χ4v) is 4.61. The van der Waals surface area contributed by atoms with Gasteiger partial charge in [-0.2, -0.15) is 0 Å². The van der Waals surface area contributed by atoms with Gasteiger partial charge in [0.1, 0.15) is 18.2 Å². The fraction of sp³-hybridized carbons (Fsp3) is 0.179. The Kier molecular flexibility index (Phi) is 7.70. The maximum Gasteiger partial charge on any atom is 0.260 e. The van der Waals surface area contributed by atoms with Gasteiger partial charge >= 0.3 is 0 Å². The first kappa shape index (κ1) is 23.6. The Balaban J connectivity index is 1.45. The van der Waals surface area contributed by atoms with Crippen LogP contribution >= 0.6 is 11.8 Å². The minimum atomic E-state index is -0.289. The number of benzene rings is 3. The number of amides is 1. The summed E-state index contributed by atoms with van der Waals surface area (Å²) < 4.78 is 19.8. The van der Waals surface area contributed by atoms with E-state index in [2.05, 4.69) is 36.3 Å². The zero-order valence-electron chi connectivity index (χ0n) is 19.0. The standard InChI is InChI=1S/C28H27FN2O2S/c1-3-7-21-16-20(12-15-25(21)33-18-22-8-5-6-9-24(22)29)17-26-27(32)31-28(34-26)30-23-13-10-19(4-2)11-14-23/h3,5-6,8-17,28,30H,1,4,7,18H2,2H3,(H,31,32)/b26-17-/t28-/m1/s1. The highest BCUT2D eigenvalue weighted by atomic mass is 32.2. The zero-order valence-corrected chi connectivity index (χ0v) is 19.8. The molecule has 6 heteroatoms. The van der Waals surface area contributed by atoms with Crippen LogP contribution in [0.5, 0.6) is 5.75 Å². The van der Waals surface area contributed by atoms with E-state index in [1.54, 1.807) is 24.3 Å². The SMILES string of the molecule is C=CCc1cc(/C=C2\S[C@H](Nc3ccc(CC)cc3)NC2=O)ccc1OCc1ccccc1F. The first-order valence-electron chi connectivity index (χ1n) is 11.2. The summed E-state index contributed by atoms with van der Waals surface area (Å²) in [5.41, 5.74) is 4.31. The molecule has 4 rings (SSSR count). The third-order valence-corrected chi connectivity index (χ3v) is 6.51. The van der Waals surface area contributed by atoms with Crippen LogP contribution in [-0.4, -0.2) is 11.4 Å². The van der Waals surface area contributed by atoms with E-state index in [4.69, 9.17) is 4.74 Å². The lowest BCUT2D eigenvalue weighted by molar-refractivity contribution is -0.116. The van der Waals surface area contributed by atoms with Crippen LogP contribution in [0.2, 0.25) is 0 Å². The molecule has 174 valence electrons. The first-order valence-corrected chi connectivity index (χ1v) is 12.1. The second kappa shape index (κ2) is 11.1. The van der Waals surface area contributed by atoms with Gasteiger partial charge in [-0.1, -0.05) is 61.2 Å². The van der Waals surface area contributed by atoms with Gasteiger partial charge in [-0.3, -0.25) is 4.79 Å². The van der Waals surface area contributed by atoms with Crippen LogP contribution in [0, 0.1) is 5.82 Å². The zero-order chi connectivity index (χ0) is 23.9. The van der Waals surface area contributed by atoms with Gasteiger partial charge in [-0.25, -0.2) is 4.39 Å². The second-order valence-electron chi connectivity index (χ2n) is 7.91. The molecule has 1 aliphatic heterocycles. The van der Waals surface area contributed by atoms with Crippen molar-refractivity contribution in [3.8, 4) is 5.75 Å². The Morgan fingerprint density at radius 3 is 2.65 bits per heavy atom. The number of anilines is 1. The molecule has 0 bridgehead atoms. The molecule has 0 aromatic heterocycles. The van der Waals surface area contributed by atoms with E-state index in [-0.39, 0.29) is 23.8 Å². The van der Waals surface area contributed by atoms with E-state index in [0.717, 1.165) is 23.2 Å². The monoisotopic (exact) mass is 474 g/mol. The minimum Gasteiger partial charge on any atom is -0.489 e. The van der Waals surface area contributed by atoms with Crippen LogP contribution in [0.25, 0.3) is 6.08 Å².